The Labute approximate surface area is 168 Å². The molecule has 2 aliphatic rings. The standard InChI is InChI=1S/C21H23ClO6/c1-26-15-5-2-12(3-6-15)8-14-9-13(4-7-16(14)22)19-17(23)18(24)20(25)21(28-19)10-27-11-21/h2-7,9,17-20,23-25H,8,10-11H2,1H3/t17-,18-,19+,20+/m1/s1. The summed E-state index contributed by atoms with van der Waals surface area (Å²) in [6, 6.07) is 13.1. The lowest BCUT2D eigenvalue weighted by Gasteiger charge is -2.53. The Morgan fingerprint density at radius 1 is 1.07 bits per heavy atom. The molecule has 6 nitrogen and oxygen atoms in total. The Balaban J connectivity index is 1.60. The predicted molar refractivity (Wildman–Crippen MR) is 103 cm³/mol. The van der Waals surface area contributed by atoms with Crippen molar-refractivity contribution in [2.75, 3.05) is 20.3 Å². The molecule has 2 aromatic rings. The molecule has 2 aliphatic heterocycles. The maximum atomic E-state index is 10.5. The average Bonchev–Trinajstić information content (AvgIpc) is 2.68. The summed E-state index contributed by atoms with van der Waals surface area (Å²) in [7, 11) is 1.62. The number of ether oxygens (including phenoxy) is 3. The number of halogens is 1. The first-order valence-corrected chi connectivity index (χ1v) is 9.52. The number of hydrogen-bond donors (Lipinski definition) is 3. The number of benzene rings is 2. The summed E-state index contributed by atoms with van der Waals surface area (Å²) in [4.78, 5) is 0. The summed E-state index contributed by atoms with van der Waals surface area (Å²) in [6.45, 7) is 0.363. The van der Waals surface area contributed by atoms with E-state index in [9.17, 15) is 15.3 Å². The molecule has 0 radical (unpaired) electrons. The van der Waals surface area contributed by atoms with E-state index in [1.54, 1.807) is 19.2 Å². The molecule has 4 atom stereocenters. The van der Waals surface area contributed by atoms with Crippen LogP contribution in [-0.4, -0.2) is 59.6 Å². The monoisotopic (exact) mass is 406 g/mol. The van der Waals surface area contributed by atoms with E-state index in [0.717, 1.165) is 16.9 Å². The van der Waals surface area contributed by atoms with Crippen LogP contribution in [0.3, 0.4) is 0 Å². The van der Waals surface area contributed by atoms with Crippen molar-refractivity contribution >= 4 is 11.6 Å². The van der Waals surface area contributed by atoms with E-state index in [4.69, 9.17) is 25.8 Å². The first kappa shape index (κ1) is 19.6. The second-order valence-electron chi connectivity index (χ2n) is 7.40. The van der Waals surface area contributed by atoms with E-state index in [2.05, 4.69) is 0 Å². The van der Waals surface area contributed by atoms with Crippen LogP contribution in [0.25, 0.3) is 0 Å². The molecule has 0 unspecified atom stereocenters. The van der Waals surface area contributed by atoms with Crippen molar-refractivity contribution in [1.82, 2.24) is 0 Å². The Kier molecular flexibility index (Phi) is 5.35. The molecule has 4 rings (SSSR count). The fourth-order valence-corrected chi connectivity index (χ4v) is 3.93. The minimum Gasteiger partial charge on any atom is -0.497 e. The molecule has 0 bridgehead atoms. The molecule has 0 aliphatic carbocycles. The van der Waals surface area contributed by atoms with E-state index >= 15 is 0 Å². The van der Waals surface area contributed by atoms with Gasteiger partial charge >= 0.3 is 0 Å². The highest BCUT2D eigenvalue weighted by Crippen LogP contribution is 2.42. The molecule has 2 heterocycles. The summed E-state index contributed by atoms with van der Waals surface area (Å²) >= 11 is 6.39. The van der Waals surface area contributed by atoms with Crippen molar-refractivity contribution in [3.05, 3.63) is 64.2 Å². The largest absolute Gasteiger partial charge is 0.497 e. The molecule has 0 amide bonds. The van der Waals surface area contributed by atoms with Crippen molar-refractivity contribution in [2.24, 2.45) is 0 Å². The summed E-state index contributed by atoms with van der Waals surface area (Å²) in [5, 5.41) is 31.7. The van der Waals surface area contributed by atoms with Crippen LogP contribution in [0.4, 0.5) is 0 Å². The maximum Gasteiger partial charge on any atom is 0.144 e. The molecular weight excluding hydrogens is 384 g/mol. The topological polar surface area (TPSA) is 88.4 Å². The SMILES string of the molecule is COc1ccc(Cc2cc([C@@H]3OC4(COC4)[C@@H](O)[C@H](O)[C@H]3O)ccc2Cl)cc1. The average molecular weight is 407 g/mol. The Hall–Kier alpha value is -1.67. The number of methoxy groups -OCH3 is 1. The van der Waals surface area contributed by atoms with Gasteiger partial charge in [-0.2, -0.15) is 0 Å². The Bertz CT molecular complexity index is 835. The van der Waals surface area contributed by atoms with Gasteiger partial charge in [0.25, 0.3) is 0 Å². The van der Waals surface area contributed by atoms with Crippen molar-refractivity contribution in [2.45, 2.75) is 36.4 Å². The molecular formula is C21H23ClO6. The molecule has 1 spiro atoms. The normalized spacial score (nSPS) is 28.8. The highest BCUT2D eigenvalue weighted by Gasteiger charge is 2.57. The molecule has 3 N–H and O–H groups in total. The van der Waals surface area contributed by atoms with Gasteiger partial charge in [0.05, 0.1) is 20.3 Å². The van der Waals surface area contributed by atoms with Gasteiger partial charge in [-0.3, -0.25) is 0 Å². The smallest absolute Gasteiger partial charge is 0.144 e. The number of aliphatic hydroxyl groups excluding tert-OH is 3. The van der Waals surface area contributed by atoms with E-state index < -0.39 is 30.0 Å². The van der Waals surface area contributed by atoms with Crippen molar-refractivity contribution in [3.8, 4) is 5.75 Å². The van der Waals surface area contributed by atoms with Gasteiger partial charge in [0.15, 0.2) is 0 Å². The second-order valence-corrected chi connectivity index (χ2v) is 7.80. The van der Waals surface area contributed by atoms with Gasteiger partial charge in [0, 0.05) is 5.02 Å². The summed E-state index contributed by atoms with van der Waals surface area (Å²) in [5.74, 6) is 0.780. The van der Waals surface area contributed by atoms with Crippen LogP contribution in [0.1, 0.15) is 22.8 Å². The second kappa shape index (κ2) is 7.63. The van der Waals surface area contributed by atoms with Gasteiger partial charge in [0.1, 0.15) is 35.8 Å². The zero-order valence-electron chi connectivity index (χ0n) is 15.4. The zero-order valence-corrected chi connectivity index (χ0v) is 16.2. The summed E-state index contributed by atoms with van der Waals surface area (Å²) in [6.07, 6.45) is -3.95. The number of rotatable bonds is 4. The summed E-state index contributed by atoms with van der Waals surface area (Å²) < 4.78 is 16.4. The number of aliphatic hydroxyl groups is 3. The van der Waals surface area contributed by atoms with Gasteiger partial charge in [-0.05, 0) is 41.3 Å². The highest BCUT2D eigenvalue weighted by atomic mass is 35.5. The third-order valence-electron chi connectivity index (χ3n) is 5.53. The molecule has 2 saturated heterocycles. The molecule has 0 saturated carbocycles. The molecule has 7 heteroatoms. The van der Waals surface area contributed by atoms with Gasteiger partial charge in [-0.25, -0.2) is 0 Å². The van der Waals surface area contributed by atoms with Crippen LogP contribution in [-0.2, 0) is 15.9 Å². The predicted octanol–water partition coefficient (Wildman–Crippen LogP) is 1.86. The fourth-order valence-electron chi connectivity index (χ4n) is 3.75. The van der Waals surface area contributed by atoms with E-state index in [0.29, 0.717) is 17.0 Å². The first-order chi connectivity index (χ1) is 13.4. The molecule has 28 heavy (non-hydrogen) atoms. The van der Waals surface area contributed by atoms with Gasteiger partial charge in [-0.15, -0.1) is 0 Å². The number of hydrogen-bond acceptors (Lipinski definition) is 6. The van der Waals surface area contributed by atoms with Crippen LogP contribution in [0, 0.1) is 0 Å². The zero-order chi connectivity index (χ0) is 19.9. The fraction of sp³-hybridized carbons (Fsp3) is 0.429. The van der Waals surface area contributed by atoms with Crippen molar-refractivity contribution in [1.29, 1.82) is 0 Å². The van der Waals surface area contributed by atoms with E-state index in [1.165, 1.54) is 0 Å². The third-order valence-corrected chi connectivity index (χ3v) is 5.90. The lowest BCUT2D eigenvalue weighted by atomic mass is 9.81. The minimum absolute atomic E-state index is 0.181. The van der Waals surface area contributed by atoms with E-state index in [1.807, 2.05) is 30.3 Å². The Morgan fingerprint density at radius 3 is 2.39 bits per heavy atom. The lowest BCUT2D eigenvalue weighted by Crippen LogP contribution is -2.69. The van der Waals surface area contributed by atoms with Gasteiger partial charge in [0.2, 0.25) is 0 Å². The Morgan fingerprint density at radius 2 is 1.79 bits per heavy atom. The van der Waals surface area contributed by atoms with Crippen LogP contribution in [0.2, 0.25) is 5.02 Å². The van der Waals surface area contributed by atoms with Crippen molar-refractivity contribution < 1.29 is 29.5 Å². The minimum atomic E-state index is -1.32. The van der Waals surface area contributed by atoms with Gasteiger partial charge in [-0.1, -0.05) is 35.9 Å². The quantitative estimate of drug-likeness (QED) is 0.718. The van der Waals surface area contributed by atoms with Crippen LogP contribution >= 0.6 is 11.6 Å². The molecule has 2 aromatic carbocycles. The highest BCUT2D eigenvalue weighted by molar-refractivity contribution is 6.31. The maximum absolute atomic E-state index is 10.5. The lowest BCUT2D eigenvalue weighted by molar-refractivity contribution is -0.335. The molecule has 0 aromatic heterocycles. The summed E-state index contributed by atoms with van der Waals surface area (Å²) in [5.41, 5.74) is 1.64. The first-order valence-electron chi connectivity index (χ1n) is 9.14. The van der Waals surface area contributed by atoms with Crippen LogP contribution < -0.4 is 4.74 Å². The van der Waals surface area contributed by atoms with Crippen LogP contribution in [0.5, 0.6) is 5.75 Å². The van der Waals surface area contributed by atoms with Crippen LogP contribution in [0.15, 0.2) is 42.5 Å². The van der Waals surface area contributed by atoms with Crippen molar-refractivity contribution in [3.63, 3.8) is 0 Å². The molecule has 150 valence electrons. The molecule has 2 fully saturated rings. The van der Waals surface area contributed by atoms with E-state index in [-0.39, 0.29) is 13.2 Å². The third kappa shape index (κ3) is 3.41. The van der Waals surface area contributed by atoms with Gasteiger partial charge < -0.3 is 29.5 Å².